The van der Waals surface area contributed by atoms with Crippen LogP contribution in [0.3, 0.4) is 0 Å². The summed E-state index contributed by atoms with van der Waals surface area (Å²) in [6.45, 7) is 8.35. The molecule has 0 fully saturated rings. The third-order valence-electron chi connectivity index (χ3n) is 2.13. The molecule has 0 saturated heterocycles. The summed E-state index contributed by atoms with van der Waals surface area (Å²) in [4.78, 5) is 13.4. The number of amides is 1. The first kappa shape index (κ1) is 12.4. The van der Waals surface area contributed by atoms with Gasteiger partial charge in [-0.15, -0.1) is 0 Å². The predicted molar refractivity (Wildman–Crippen MR) is 55.4 cm³/mol. The lowest BCUT2D eigenvalue weighted by Gasteiger charge is -2.23. The predicted octanol–water partition coefficient (Wildman–Crippen LogP) is 1.23. The molecule has 0 spiro atoms. The first-order valence-corrected chi connectivity index (χ1v) is 5.13. The van der Waals surface area contributed by atoms with Gasteiger partial charge in [0.1, 0.15) is 0 Å². The van der Waals surface area contributed by atoms with Gasteiger partial charge in [0.25, 0.3) is 0 Å². The average Bonchev–Trinajstić information content (AvgIpc) is 2.14. The molecule has 0 aliphatic rings. The standard InChI is InChI=1S/C10H22N2O/c1-4-6-10(13)12(5-2)8-9(3)7-11/h9H,4-8,11H2,1-3H3. The van der Waals surface area contributed by atoms with Crippen LogP contribution >= 0.6 is 0 Å². The Balaban J connectivity index is 3.94. The van der Waals surface area contributed by atoms with Gasteiger partial charge in [-0.25, -0.2) is 0 Å². The summed E-state index contributed by atoms with van der Waals surface area (Å²) in [6.07, 6.45) is 1.58. The number of carbonyl (C=O) groups excluding carboxylic acids is 1. The van der Waals surface area contributed by atoms with Gasteiger partial charge in [0.2, 0.25) is 5.91 Å². The second-order valence-corrected chi connectivity index (χ2v) is 3.52. The molecular weight excluding hydrogens is 164 g/mol. The lowest BCUT2D eigenvalue weighted by Crippen LogP contribution is -2.36. The van der Waals surface area contributed by atoms with Crippen molar-refractivity contribution < 1.29 is 4.79 Å². The van der Waals surface area contributed by atoms with E-state index in [0.29, 0.717) is 18.9 Å². The van der Waals surface area contributed by atoms with E-state index in [2.05, 4.69) is 6.92 Å². The lowest BCUT2D eigenvalue weighted by molar-refractivity contribution is -0.131. The second-order valence-electron chi connectivity index (χ2n) is 3.52. The molecule has 0 rings (SSSR count). The number of nitrogens with zero attached hydrogens (tertiary/aromatic N) is 1. The molecule has 1 atom stereocenters. The number of hydrogen-bond acceptors (Lipinski definition) is 2. The van der Waals surface area contributed by atoms with E-state index >= 15 is 0 Å². The maximum absolute atomic E-state index is 11.5. The fourth-order valence-electron chi connectivity index (χ4n) is 1.23. The number of nitrogens with two attached hydrogens (primary N) is 1. The molecule has 0 aromatic rings. The minimum Gasteiger partial charge on any atom is -0.343 e. The zero-order valence-corrected chi connectivity index (χ0v) is 9.05. The fourth-order valence-corrected chi connectivity index (χ4v) is 1.23. The summed E-state index contributed by atoms with van der Waals surface area (Å²) in [7, 11) is 0. The molecule has 0 aliphatic carbocycles. The van der Waals surface area contributed by atoms with E-state index in [9.17, 15) is 4.79 Å². The van der Waals surface area contributed by atoms with E-state index in [-0.39, 0.29) is 5.91 Å². The van der Waals surface area contributed by atoms with Crippen molar-refractivity contribution in [2.24, 2.45) is 11.7 Å². The van der Waals surface area contributed by atoms with Crippen molar-refractivity contribution in [3.63, 3.8) is 0 Å². The maximum Gasteiger partial charge on any atom is 0.222 e. The third kappa shape index (κ3) is 4.88. The van der Waals surface area contributed by atoms with Gasteiger partial charge in [-0.2, -0.15) is 0 Å². The second kappa shape index (κ2) is 6.89. The molecule has 3 nitrogen and oxygen atoms in total. The van der Waals surface area contributed by atoms with Gasteiger partial charge in [0, 0.05) is 19.5 Å². The first-order chi connectivity index (χ1) is 6.15. The van der Waals surface area contributed by atoms with Crippen LogP contribution in [0.4, 0.5) is 0 Å². The molecule has 0 aromatic heterocycles. The molecule has 13 heavy (non-hydrogen) atoms. The molecule has 0 aliphatic heterocycles. The minimum absolute atomic E-state index is 0.255. The fraction of sp³-hybridized carbons (Fsp3) is 0.900. The molecule has 1 unspecified atom stereocenters. The highest BCUT2D eigenvalue weighted by molar-refractivity contribution is 5.76. The van der Waals surface area contributed by atoms with Crippen LogP contribution in [0.15, 0.2) is 0 Å². The Kier molecular flexibility index (Phi) is 6.59. The molecule has 3 heteroatoms. The summed E-state index contributed by atoms with van der Waals surface area (Å²) in [5.41, 5.74) is 5.51. The molecule has 1 amide bonds. The Bertz CT molecular complexity index is 148. The van der Waals surface area contributed by atoms with E-state index in [0.717, 1.165) is 19.5 Å². The zero-order chi connectivity index (χ0) is 10.3. The SMILES string of the molecule is CCCC(=O)N(CC)CC(C)CN. The number of rotatable bonds is 6. The van der Waals surface area contributed by atoms with Gasteiger partial charge in [0.05, 0.1) is 0 Å². The topological polar surface area (TPSA) is 46.3 Å². The van der Waals surface area contributed by atoms with Gasteiger partial charge in [-0.3, -0.25) is 4.79 Å². The van der Waals surface area contributed by atoms with Crippen molar-refractivity contribution in [1.82, 2.24) is 4.90 Å². The molecular formula is C10H22N2O. The van der Waals surface area contributed by atoms with Gasteiger partial charge in [-0.1, -0.05) is 13.8 Å². The average molecular weight is 186 g/mol. The monoisotopic (exact) mass is 186 g/mol. The largest absolute Gasteiger partial charge is 0.343 e. The van der Waals surface area contributed by atoms with E-state index in [4.69, 9.17) is 5.73 Å². The zero-order valence-electron chi connectivity index (χ0n) is 9.05. The Hall–Kier alpha value is -0.570. The number of hydrogen-bond donors (Lipinski definition) is 1. The van der Waals surface area contributed by atoms with E-state index in [1.807, 2.05) is 18.7 Å². The van der Waals surface area contributed by atoms with Gasteiger partial charge < -0.3 is 10.6 Å². The van der Waals surface area contributed by atoms with E-state index in [1.165, 1.54) is 0 Å². The highest BCUT2D eigenvalue weighted by Crippen LogP contribution is 2.02. The van der Waals surface area contributed by atoms with Crippen LogP contribution in [0.25, 0.3) is 0 Å². The highest BCUT2D eigenvalue weighted by atomic mass is 16.2. The van der Waals surface area contributed by atoms with E-state index in [1.54, 1.807) is 0 Å². The van der Waals surface area contributed by atoms with Crippen molar-refractivity contribution in [2.45, 2.75) is 33.6 Å². The lowest BCUT2D eigenvalue weighted by atomic mass is 10.1. The van der Waals surface area contributed by atoms with Crippen molar-refractivity contribution in [3.05, 3.63) is 0 Å². The Morgan fingerprint density at radius 1 is 1.46 bits per heavy atom. The van der Waals surface area contributed by atoms with E-state index < -0.39 is 0 Å². The van der Waals surface area contributed by atoms with Crippen LogP contribution in [-0.4, -0.2) is 30.4 Å². The maximum atomic E-state index is 11.5. The molecule has 0 saturated carbocycles. The van der Waals surface area contributed by atoms with Crippen LogP contribution in [0.1, 0.15) is 33.6 Å². The molecule has 78 valence electrons. The summed E-state index contributed by atoms with van der Waals surface area (Å²) in [5.74, 6) is 0.658. The first-order valence-electron chi connectivity index (χ1n) is 5.13. The molecule has 0 radical (unpaired) electrons. The molecule has 0 heterocycles. The van der Waals surface area contributed by atoms with Crippen LogP contribution < -0.4 is 5.73 Å². The van der Waals surface area contributed by atoms with Crippen molar-refractivity contribution >= 4 is 5.91 Å². The number of carbonyl (C=O) groups is 1. The third-order valence-corrected chi connectivity index (χ3v) is 2.13. The molecule has 0 aromatic carbocycles. The molecule has 0 bridgehead atoms. The van der Waals surface area contributed by atoms with Gasteiger partial charge in [0.15, 0.2) is 0 Å². The van der Waals surface area contributed by atoms with Crippen molar-refractivity contribution in [1.29, 1.82) is 0 Å². The van der Waals surface area contributed by atoms with Crippen LogP contribution in [-0.2, 0) is 4.79 Å². The summed E-state index contributed by atoms with van der Waals surface area (Å²) in [6, 6.07) is 0. The Morgan fingerprint density at radius 2 is 2.08 bits per heavy atom. The van der Waals surface area contributed by atoms with Crippen molar-refractivity contribution in [3.8, 4) is 0 Å². The smallest absolute Gasteiger partial charge is 0.222 e. The minimum atomic E-state index is 0.255. The van der Waals surface area contributed by atoms with Gasteiger partial charge >= 0.3 is 0 Å². The van der Waals surface area contributed by atoms with Crippen LogP contribution in [0.5, 0.6) is 0 Å². The summed E-state index contributed by atoms with van der Waals surface area (Å²) in [5, 5.41) is 0. The van der Waals surface area contributed by atoms with Crippen LogP contribution in [0, 0.1) is 5.92 Å². The molecule has 2 N–H and O–H groups in total. The van der Waals surface area contributed by atoms with Crippen LogP contribution in [0.2, 0.25) is 0 Å². The van der Waals surface area contributed by atoms with Crippen molar-refractivity contribution in [2.75, 3.05) is 19.6 Å². The summed E-state index contributed by atoms with van der Waals surface area (Å²) >= 11 is 0. The Morgan fingerprint density at radius 3 is 2.46 bits per heavy atom. The quantitative estimate of drug-likeness (QED) is 0.678. The van der Waals surface area contributed by atoms with Gasteiger partial charge in [-0.05, 0) is 25.8 Å². The summed E-state index contributed by atoms with van der Waals surface area (Å²) < 4.78 is 0. The highest BCUT2D eigenvalue weighted by Gasteiger charge is 2.12. The normalized spacial score (nSPS) is 12.6. The Labute approximate surface area is 81.3 Å².